The molecule has 0 atom stereocenters. The Balaban J connectivity index is 0.00000287. The first-order chi connectivity index (χ1) is 19.2. The lowest BCUT2D eigenvalue weighted by atomic mass is 10.2. The zero-order valence-electron chi connectivity index (χ0n) is 25.3. The van der Waals surface area contributed by atoms with Crippen LogP contribution in [0.4, 0.5) is 10.6 Å². The minimum Gasteiger partial charge on any atom is -0.466 e. The second-order valence-corrected chi connectivity index (χ2v) is 12.4. The van der Waals surface area contributed by atoms with E-state index in [-0.39, 0.29) is 36.1 Å². The minimum absolute atomic E-state index is 0.0882. The Hall–Kier alpha value is -3.45. The summed E-state index contributed by atoms with van der Waals surface area (Å²) in [6.07, 6.45) is 1.47. The summed E-state index contributed by atoms with van der Waals surface area (Å²) >= 11 is 0. The van der Waals surface area contributed by atoms with Gasteiger partial charge in [-0.15, -0.1) is 0 Å². The molecule has 1 aromatic carbocycles. The van der Waals surface area contributed by atoms with Crippen molar-refractivity contribution in [1.29, 1.82) is 0 Å². The SMILES string of the molecule is CC.CCOC(=O)CCc1cn(-c2ccc(S(=O)(=O)N(C)C)cc2)c(=O)c(N2CCN(C(=O)OC(C)(C)C)CC2)n1. The second kappa shape index (κ2) is 14.4. The van der Waals surface area contributed by atoms with Crippen LogP contribution in [0.3, 0.4) is 0 Å². The molecule has 0 radical (unpaired) electrons. The van der Waals surface area contributed by atoms with E-state index in [4.69, 9.17) is 9.47 Å². The van der Waals surface area contributed by atoms with Crippen molar-refractivity contribution in [3.63, 3.8) is 0 Å². The number of benzene rings is 1. The number of hydrogen-bond acceptors (Lipinski definition) is 9. The molecule has 1 aliphatic heterocycles. The maximum Gasteiger partial charge on any atom is 0.410 e. The summed E-state index contributed by atoms with van der Waals surface area (Å²) in [5, 5.41) is 0. The lowest BCUT2D eigenvalue weighted by molar-refractivity contribution is -0.143. The number of piperazine rings is 1. The van der Waals surface area contributed by atoms with E-state index in [0.29, 0.717) is 37.6 Å². The average molecular weight is 594 g/mol. The Labute approximate surface area is 242 Å². The van der Waals surface area contributed by atoms with E-state index < -0.39 is 27.3 Å². The molecule has 1 fully saturated rings. The molecule has 1 aliphatic rings. The summed E-state index contributed by atoms with van der Waals surface area (Å²) < 4.78 is 37.9. The molecule has 1 amide bonds. The first-order valence-corrected chi connectivity index (χ1v) is 15.2. The molecule has 0 saturated carbocycles. The molecule has 0 N–H and O–H groups in total. The van der Waals surface area contributed by atoms with Crippen molar-refractivity contribution < 1.29 is 27.5 Å². The molecule has 12 nitrogen and oxygen atoms in total. The zero-order valence-corrected chi connectivity index (χ0v) is 26.2. The molecule has 0 unspecified atom stereocenters. The highest BCUT2D eigenvalue weighted by molar-refractivity contribution is 7.89. The molecule has 1 saturated heterocycles. The first kappa shape index (κ1) is 33.8. The fourth-order valence-electron chi connectivity index (χ4n) is 3.93. The van der Waals surface area contributed by atoms with Crippen LogP contribution >= 0.6 is 0 Å². The molecule has 1 aromatic heterocycles. The van der Waals surface area contributed by atoms with E-state index in [1.165, 1.54) is 30.8 Å². The zero-order chi connectivity index (χ0) is 31.0. The van der Waals surface area contributed by atoms with Gasteiger partial charge in [0.2, 0.25) is 10.0 Å². The fourth-order valence-corrected chi connectivity index (χ4v) is 4.83. The Kier molecular flexibility index (Phi) is 11.9. The van der Waals surface area contributed by atoms with Crippen LogP contribution < -0.4 is 10.5 Å². The van der Waals surface area contributed by atoms with Gasteiger partial charge in [0.25, 0.3) is 5.56 Å². The number of nitrogens with zero attached hydrogens (tertiary/aromatic N) is 5. The molecule has 13 heteroatoms. The third-order valence-electron chi connectivity index (χ3n) is 5.95. The van der Waals surface area contributed by atoms with Crippen LogP contribution in [0.2, 0.25) is 0 Å². The molecule has 0 spiro atoms. The van der Waals surface area contributed by atoms with Gasteiger partial charge in [0, 0.05) is 58.6 Å². The van der Waals surface area contributed by atoms with Crippen LogP contribution in [0, 0.1) is 0 Å². The lowest BCUT2D eigenvalue weighted by Gasteiger charge is -2.36. The number of aryl methyl sites for hydroxylation is 1. The number of sulfonamides is 1. The number of ether oxygens (including phenoxy) is 2. The van der Waals surface area contributed by atoms with Gasteiger partial charge in [0.1, 0.15) is 5.60 Å². The van der Waals surface area contributed by atoms with E-state index >= 15 is 0 Å². The number of carbonyl (C=O) groups is 2. The highest BCUT2D eigenvalue weighted by Crippen LogP contribution is 2.19. The molecular weight excluding hydrogens is 550 g/mol. The van der Waals surface area contributed by atoms with Crippen LogP contribution in [0.1, 0.15) is 53.7 Å². The van der Waals surface area contributed by atoms with Crippen molar-refractivity contribution >= 4 is 27.9 Å². The van der Waals surface area contributed by atoms with E-state index in [1.54, 1.807) is 55.8 Å². The van der Waals surface area contributed by atoms with Gasteiger partial charge in [0.05, 0.1) is 23.6 Å². The summed E-state index contributed by atoms with van der Waals surface area (Å²) in [7, 11) is -0.744. The largest absolute Gasteiger partial charge is 0.466 e. The standard InChI is InChI=1S/C26H37N5O7S.C2H6/c1-7-37-22(32)13-8-19-18-31(20-9-11-21(12-10-20)39(35,36)28(5)6)24(33)23(27-19)29-14-16-30(17-15-29)25(34)38-26(2,3)4;1-2/h9-12,18H,7-8,13-17H2,1-6H3;1-2H3. The van der Waals surface area contributed by atoms with Gasteiger partial charge in [0.15, 0.2) is 5.82 Å². The number of amides is 1. The normalized spacial score (nSPS) is 13.9. The van der Waals surface area contributed by atoms with Gasteiger partial charge < -0.3 is 19.3 Å². The van der Waals surface area contributed by atoms with Gasteiger partial charge in [-0.25, -0.2) is 22.5 Å². The molecule has 0 aliphatic carbocycles. The first-order valence-electron chi connectivity index (χ1n) is 13.8. The predicted octanol–water partition coefficient (Wildman–Crippen LogP) is 3.06. The van der Waals surface area contributed by atoms with E-state index in [9.17, 15) is 22.8 Å². The number of aromatic nitrogens is 2. The number of esters is 1. The highest BCUT2D eigenvalue weighted by Gasteiger charge is 2.28. The van der Waals surface area contributed by atoms with Crippen LogP contribution in [-0.4, -0.2) is 91.7 Å². The van der Waals surface area contributed by atoms with Crippen molar-refractivity contribution in [3.8, 4) is 5.69 Å². The van der Waals surface area contributed by atoms with Crippen LogP contribution in [0.25, 0.3) is 5.69 Å². The van der Waals surface area contributed by atoms with Gasteiger partial charge in [-0.1, -0.05) is 13.8 Å². The van der Waals surface area contributed by atoms with Crippen molar-refractivity contribution in [2.75, 3.05) is 51.8 Å². The summed E-state index contributed by atoms with van der Waals surface area (Å²) in [6.45, 7) is 12.8. The van der Waals surface area contributed by atoms with Gasteiger partial charge >= 0.3 is 12.1 Å². The van der Waals surface area contributed by atoms with E-state index in [1.807, 2.05) is 13.8 Å². The Morgan fingerprint density at radius 2 is 1.61 bits per heavy atom. The summed E-state index contributed by atoms with van der Waals surface area (Å²) in [5.74, 6) is -0.187. The van der Waals surface area contributed by atoms with Gasteiger partial charge in [-0.3, -0.25) is 14.2 Å². The third-order valence-corrected chi connectivity index (χ3v) is 7.78. The van der Waals surface area contributed by atoms with Gasteiger partial charge in [-0.2, -0.15) is 0 Å². The smallest absolute Gasteiger partial charge is 0.410 e. The molecule has 3 rings (SSSR count). The van der Waals surface area contributed by atoms with Crippen LogP contribution in [0.5, 0.6) is 0 Å². The monoisotopic (exact) mass is 593 g/mol. The quantitative estimate of drug-likeness (QED) is 0.424. The van der Waals surface area contributed by atoms with E-state index in [0.717, 1.165) is 4.31 Å². The summed E-state index contributed by atoms with van der Waals surface area (Å²) in [4.78, 5) is 46.1. The van der Waals surface area contributed by atoms with Gasteiger partial charge in [-0.05, 0) is 52.0 Å². The van der Waals surface area contributed by atoms with Crippen molar-refractivity contribution in [2.45, 2.75) is 64.9 Å². The number of hydrogen-bond donors (Lipinski definition) is 0. The summed E-state index contributed by atoms with van der Waals surface area (Å²) in [6, 6.07) is 5.98. The molecule has 2 heterocycles. The van der Waals surface area contributed by atoms with Crippen molar-refractivity contribution in [3.05, 3.63) is 46.5 Å². The second-order valence-electron chi connectivity index (χ2n) is 10.3. The maximum atomic E-state index is 13.6. The molecule has 2 aromatic rings. The minimum atomic E-state index is -3.64. The topological polar surface area (TPSA) is 131 Å². The predicted molar refractivity (Wildman–Crippen MR) is 157 cm³/mol. The average Bonchev–Trinajstić information content (AvgIpc) is 2.93. The van der Waals surface area contributed by atoms with Crippen LogP contribution in [0.15, 0.2) is 40.2 Å². The van der Waals surface area contributed by atoms with Crippen molar-refractivity contribution in [1.82, 2.24) is 18.8 Å². The Morgan fingerprint density at radius 3 is 2.12 bits per heavy atom. The van der Waals surface area contributed by atoms with Crippen LogP contribution in [-0.2, 0) is 30.7 Å². The molecule has 0 bridgehead atoms. The number of carbonyl (C=O) groups excluding carboxylic acids is 2. The molecule has 228 valence electrons. The number of rotatable bonds is 8. The molecular formula is C28H43N5O7S. The molecule has 41 heavy (non-hydrogen) atoms. The highest BCUT2D eigenvalue weighted by atomic mass is 32.2. The lowest BCUT2D eigenvalue weighted by Crippen LogP contribution is -2.51. The summed E-state index contributed by atoms with van der Waals surface area (Å²) in [5.41, 5.74) is -0.0646. The maximum absolute atomic E-state index is 13.6. The number of anilines is 1. The van der Waals surface area contributed by atoms with E-state index in [2.05, 4.69) is 4.98 Å². The Morgan fingerprint density at radius 1 is 1.02 bits per heavy atom. The Bertz CT molecular complexity index is 1340. The fraction of sp³-hybridized carbons (Fsp3) is 0.571. The third kappa shape index (κ3) is 9.02. The van der Waals surface area contributed by atoms with Crippen molar-refractivity contribution in [2.24, 2.45) is 0 Å².